The fraction of sp³-hybridized carbons (Fsp3) is 0.769. The molecule has 120 valence electrons. The van der Waals surface area contributed by atoms with Gasteiger partial charge in [0.15, 0.2) is 0 Å². The number of rotatable bonds is 10. The molecule has 1 aromatic rings. The lowest BCUT2D eigenvalue weighted by Crippen LogP contribution is -2.36. The molecule has 7 nitrogen and oxygen atoms in total. The summed E-state index contributed by atoms with van der Waals surface area (Å²) in [5.41, 5.74) is 0. The summed E-state index contributed by atoms with van der Waals surface area (Å²) in [6, 6.07) is 0.640. The maximum Gasteiger partial charge on any atom is 0.243 e. The van der Waals surface area contributed by atoms with Gasteiger partial charge in [-0.05, 0) is 25.8 Å². The molecule has 2 N–H and O–H groups in total. The highest BCUT2D eigenvalue weighted by Gasteiger charge is 2.27. The van der Waals surface area contributed by atoms with E-state index in [2.05, 4.69) is 21.6 Å². The van der Waals surface area contributed by atoms with Crippen LogP contribution in [0.25, 0.3) is 0 Å². The summed E-state index contributed by atoms with van der Waals surface area (Å²) in [6.45, 7) is 4.77. The van der Waals surface area contributed by atoms with Crippen LogP contribution in [0.4, 0.5) is 0 Å². The zero-order valence-electron chi connectivity index (χ0n) is 12.4. The Balaban J connectivity index is 1.84. The summed E-state index contributed by atoms with van der Waals surface area (Å²) < 4.78 is 28.4. The highest BCUT2D eigenvalue weighted by atomic mass is 32.2. The molecule has 0 spiro atoms. The first-order chi connectivity index (χ1) is 10.1. The Bertz CT molecular complexity index is 539. The van der Waals surface area contributed by atoms with Gasteiger partial charge >= 0.3 is 0 Å². The smallest absolute Gasteiger partial charge is 0.243 e. The van der Waals surface area contributed by atoms with Gasteiger partial charge in [0.05, 0.1) is 6.20 Å². The molecule has 0 aromatic carbocycles. The van der Waals surface area contributed by atoms with Crippen LogP contribution in [-0.2, 0) is 16.6 Å². The van der Waals surface area contributed by atoms with Crippen molar-refractivity contribution in [2.75, 3.05) is 26.2 Å². The van der Waals surface area contributed by atoms with Crippen molar-refractivity contribution in [2.24, 2.45) is 0 Å². The zero-order chi connectivity index (χ0) is 15.3. The highest BCUT2D eigenvalue weighted by Crippen LogP contribution is 2.25. The van der Waals surface area contributed by atoms with Gasteiger partial charge in [0, 0.05) is 38.5 Å². The van der Waals surface area contributed by atoms with Crippen LogP contribution in [0.15, 0.2) is 17.3 Å². The molecule has 0 aliphatic heterocycles. The van der Waals surface area contributed by atoms with Crippen molar-refractivity contribution in [3.63, 3.8) is 0 Å². The third-order valence-corrected chi connectivity index (χ3v) is 5.04. The summed E-state index contributed by atoms with van der Waals surface area (Å²) in [5, 5.41) is 12.8. The van der Waals surface area contributed by atoms with Crippen LogP contribution in [0.2, 0.25) is 0 Å². The van der Waals surface area contributed by atoms with E-state index in [0.717, 1.165) is 13.1 Å². The number of aromatic nitrogens is 2. The standard InChI is InChI=1S/C13H24N4O3S/c1-2-16(12-4-5-12)8-6-15-21(19,20)13-10-14-17(11-13)7-3-9-18/h10-12,15,18H,2-9H2,1H3. The molecule has 0 unspecified atom stereocenters. The Morgan fingerprint density at radius 3 is 2.90 bits per heavy atom. The van der Waals surface area contributed by atoms with Crippen LogP contribution < -0.4 is 4.72 Å². The number of hydrogen-bond acceptors (Lipinski definition) is 5. The van der Waals surface area contributed by atoms with E-state index in [0.29, 0.717) is 25.6 Å². The van der Waals surface area contributed by atoms with Crippen molar-refractivity contribution in [3.05, 3.63) is 12.4 Å². The number of aliphatic hydroxyl groups excluding tert-OH is 1. The Morgan fingerprint density at radius 1 is 1.52 bits per heavy atom. The van der Waals surface area contributed by atoms with Crippen LogP contribution in [0.5, 0.6) is 0 Å². The Kier molecular flexibility index (Phi) is 5.74. The third-order valence-electron chi connectivity index (χ3n) is 3.63. The average molecular weight is 316 g/mol. The summed E-state index contributed by atoms with van der Waals surface area (Å²) >= 11 is 0. The topological polar surface area (TPSA) is 87.5 Å². The van der Waals surface area contributed by atoms with E-state index in [9.17, 15) is 8.42 Å². The first-order valence-corrected chi connectivity index (χ1v) is 8.92. The van der Waals surface area contributed by atoms with E-state index in [4.69, 9.17) is 5.11 Å². The molecule has 0 bridgehead atoms. The minimum atomic E-state index is -3.50. The molecule has 1 heterocycles. The van der Waals surface area contributed by atoms with Crippen molar-refractivity contribution in [3.8, 4) is 0 Å². The number of nitrogens with one attached hydrogen (secondary N) is 1. The number of likely N-dealkylation sites (N-methyl/N-ethyl adjacent to an activating group) is 1. The maximum atomic E-state index is 12.1. The lowest BCUT2D eigenvalue weighted by Gasteiger charge is -2.19. The van der Waals surface area contributed by atoms with Gasteiger partial charge in [0.25, 0.3) is 0 Å². The van der Waals surface area contributed by atoms with E-state index in [1.165, 1.54) is 29.9 Å². The van der Waals surface area contributed by atoms with Crippen LogP contribution in [0.3, 0.4) is 0 Å². The van der Waals surface area contributed by atoms with Gasteiger partial charge in [-0.25, -0.2) is 13.1 Å². The fourth-order valence-corrected chi connectivity index (χ4v) is 3.26. The second kappa shape index (κ2) is 7.35. The second-order valence-electron chi connectivity index (χ2n) is 5.27. The molecule has 2 rings (SSSR count). The van der Waals surface area contributed by atoms with Gasteiger partial charge in [-0.15, -0.1) is 0 Å². The number of nitrogens with zero attached hydrogens (tertiary/aromatic N) is 3. The average Bonchev–Trinajstić information content (AvgIpc) is 3.18. The molecule has 0 saturated heterocycles. The van der Waals surface area contributed by atoms with E-state index >= 15 is 0 Å². The lowest BCUT2D eigenvalue weighted by molar-refractivity contribution is 0.277. The zero-order valence-corrected chi connectivity index (χ0v) is 13.2. The lowest BCUT2D eigenvalue weighted by atomic mass is 10.4. The predicted molar refractivity (Wildman–Crippen MR) is 79.4 cm³/mol. The quantitative estimate of drug-likeness (QED) is 0.636. The SMILES string of the molecule is CCN(CCNS(=O)(=O)c1cnn(CCCO)c1)C1CC1. The van der Waals surface area contributed by atoms with Gasteiger partial charge in [0.2, 0.25) is 10.0 Å². The normalized spacial score (nSPS) is 15.8. The van der Waals surface area contributed by atoms with Gasteiger partial charge < -0.3 is 5.11 Å². The summed E-state index contributed by atoms with van der Waals surface area (Å²) in [6.07, 6.45) is 5.84. The van der Waals surface area contributed by atoms with Crippen LogP contribution in [-0.4, -0.2) is 60.5 Å². The molecule has 1 aromatic heterocycles. The van der Waals surface area contributed by atoms with Gasteiger partial charge in [-0.3, -0.25) is 9.58 Å². The van der Waals surface area contributed by atoms with Crippen LogP contribution >= 0.6 is 0 Å². The fourth-order valence-electron chi connectivity index (χ4n) is 2.28. The molecule has 0 atom stereocenters. The summed E-state index contributed by atoms with van der Waals surface area (Å²) in [7, 11) is -3.50. The Morgan fingerprint density at radius 2 is 2.29 bits per heavy atom. The molecule has 1 aliphatic rings. The van der Waals surface area contributed by atoms with Crippen molar-refractivity contribution in [1.82, 2.24) is 19.4 Å². The predicted octanol–water partition coefficient (Wildman–Crippen LogP) is 0.0281. The van der Waals surface area contributed by atoms with Crippen LogP contribution in [0.1, 0.15) is 26.2 Å². The number of aliphatic hydroxyl groups is 1. The highest BCUT2D eigenvalue weighted by molar-refractivity contribution is 7.89. The van der Waals surface area contributed by atoms with E-state index in [1.54, 1.807) is 0 Å². The van der Waals surface area contributed by atoms with Crippen molar-refractivity contribution >= 4 is 10.0 Å². The molecule has 1 saturated carbocycles. The molecule has 0 amide bonds. The van der Waals surface area contributed by atoms with Crippen LogP contribution in [0, 0.1) is 0 Å². The van der Waals surface area contributed by atoms with Gasteiger partial charge in [-0.1, -0.05) is 6.92 Å². The Hall–Kier alpha value is -0.960. The first kappa shape index (κ1) is 16.4. The molecular weight excluding hydrogens is 292 g/mol. The summed E-state index contributed by atoms with van der Waals surface area (Å²) in [4.78, 5) is 2.47. The van der Waals surface area contributed by atoms with Crippen molar-refractivity contribution in [2.45, 2.75) is 43.7 Å². The molecule has 8 heteroatoms. The minimum absolute atomic E-state index is 0.0637. The molecule has 1 fully saturated rings. The minimum Gasteiger partial charge on any atom is -0.396 e. The number of hydrogen-bond donors (Lipinski definition) is 2. The molecule has 1 aliphatic carbocycles. The molecular formula is C13H24N4O3S. The monoisotopic (exact) mass is 316 g/mol. The molecule has 21 heavy (non-hydrogen) atoms. The maximum absolute atomic E-state index is 12.1. The van der Waals surface area contributed by atoms with Crippen molar-refractivity contribution in [1.29, 1.82) is 0 Å². The number of sulfonamides is 1. The van der Waals surface area contributed by atoms with E-state index < -0.39 is 10.0 Å². The Labute approximate surface area is 126 Å². The molecule has 0 radical (unpaired) electrons. The third kappa shape index (κ3) is 4.77. The largest absolute Gasteiger partial charge is 0.396 e. The van der Waals surface area contributed by atoms with E-state index in [1.807, 2.05) is 0 Å². The van der Waals surface area contributed by atoms with Gasteiger partial charge in [-0.2, -0.15) is 5.10 Å². The van der Waals surface area contributed by atoms with Crippen molar-refractivity contribution < 1.29 is 13.5 Å². The number of aryl methyl sites for hydroxylation is 1. The van der Waals surface area contributed by atoms with E-state index in [-0.39, 0.29) is 11.5 Å². The summed E-state index contributed by atoms with van der Waals surface area (Å²) in [5.74, 6) is 0. The van der Waals surface area contributed by atoms with Gasteiger partial charge in [0.1, 0.15) is 4.90 Å². The second-order valence-corrected chi connectivity index (χ2v) is 7.04. The first-order valence-electron chi connectivity index (χ1n) is 7.44.